The standard InChI is InChI=1S/C10H14N2O2/c11-8-5-12(6-8)4-7-1-2-9(13)3-10(7)14/h1-3,8,13-14H,4-6,11H2. The lowest BCUT2D eigenvalue weighted by Gasteiger charge is -2.36. The number of rotatable bonds is 2. The van der Waals surface area contributed by atoms with Gasteiger partial charge in [-0.3, -0.25) is 4.90 Å². The molecule has 1 aromatic rings. The molecule has 0 radical (unpaired) electrons. The highest BCUT2D eigenvalue weighted by molar-refractivity contribution is 5.38. The Hall–Kier alpha value is -1.26. The van der Waals surface area contributed by atoms with Crippen LogP contribution in [-0.2, 0) is 6.54 Å². The maximum absolute atomic E-state index is 9.51. The second-order valence-corrected chi connectivity index (χ2v) is 3.77. The van der Waals surface area contributed by atoms with Crippen LogP contribution in [0.2, 0.25) is 0 Å². The van der Waals surface area contributed by atoms with Gasteiger partial charge in [-0.15, -0.1) is 0 Å². The molecule has 1 saturated heterocycles. The average molecular weight is 194 g/mol. The van der Waals surface area contributed by atoms with Gasteiger partial charge < -0.3 is 15.9 Å². The van der Waals surface area contributed by atoms with Crippen molar-refractivity contribution in [3.8, 4) is 11.5 Å². The monoisotopic (exact) mass is 194 g/mol. The molecule has 0 aliphatic carbocycles. The Morgan fingerprint density at radius 2 is 2.07 bits per heavy atom. The van der Waals surface area contributed by atoms with Crippen molar-refractivity contribution in [1.29, 1.82) is 0 Å². The summed E-state index contributed by atoms with van der Waals surface area (Å²) in [6, 6.07) is 4.94. The number of nitrogens with two attached hydrogens (primary N) is 1. The highest BCUT2D eigenvalue weighted by atomic mass is 16.3. The van der Waals surface area contributed by atoms with Crippen LogP contribution in [0, 0.1) is 0 Å². The molecule has 2 rings (SSSR count). The largest absolute Gasteiger partial charge is 0.508 e. The summed E-state index contributed by atoms with van der Waals surface area (Å²) in [4.78, 5) is 2.15. The third-order valence-electron chi connectivity index (χ3n) is 2.45. The molecule has 1 fully saturated rings. The van der Waals surface area contributed by atoms with Crippen LogP contribution in [0.4, 0.5) is 0 Å². The van der Waals surface area contributed by atoms with Crippen molar-refractivity contribution < 1.29 is 10.2 Å². The number of phenols is 2. The van der Waals surface area contributed by atoms with E-state index in [2.05, 4.69) is 4.90 Å². The number of hydrogen-bond donors (Lipinski definition) is 3. The molecular weight excluding hydrogens is 180 g/mol. The summed E-state index contributed by atoms with van der Waals surface area (Å²) in [5.74, 6) is 0.233. The SMILES string of the molecule is NC1CN(Cc2ccc(O)cc2O)C1. The third kappa shape index (κ3) is 1.81. The van der Waals surface area contributed by atoms with Crippen LogP contribution in [-0.4, -0.2) is 34.2 Å². The fourth-order valence-electron chi connectivity index (χ4n) is 1.67. The number of likely N-dealkylation sites (tertiary alicyclic amines) is 1. The molecule has 4 heteroatoms. The van der Waals surface area contributed by atoms with E-state index in [-0.39, 0.29) is 17.5 Å². The molecule has 0 atom stereocenters. The summed E-state index contributed by atoms with van der Waals surface area (Å²) in [5, 5.41) is 18.6. The Kier molecular flexibility index (Phi) is 2.31. The second kappa shape index (κ2) is 3.48. The Morgan fingerprint density at radius 3 is 2.64 bits per heavy atom. The van der Waals surface area contributed by atoms with Crippen molar-refractivity contribution in [3.05, 3.63) is 23.8 Å². The zero-order valence-electron chi connectivity index (χ0n) is 7.85. The molecular formula is C10H14N2O2. The molecule has 1 heterocycles. The van der Waals surface area contributed by atoms with Gasteiger partial charge in [0.05, 0.1) is 0 Å². The molecule has 0 bridgehead atoms. The van der Waals surface area contributed by atoms with Crippen molar-refractivity contribution >= 4 is 0 Å². The number of nitrogens with zero attached hydrogens (tertiary/aromatic N) is 1. The summed E-state index contributed by atoms with van der Waals surface area (Å²) in [6.07, 6.45) is 0. The zero-order valence-corrected chi connectivity index (χ0v) is 7.85. The van der Waals surface area contributed by atoms with E-state index in [1.165, 1.54) is 6.07 Å². The highest BCUT2D eigenvalue weighted by Gasteiger charge is 2.23. The van der Waals surface area contributed by atoms with Crippen LogP contribution in [0.3, 0.4) is 0 Å². The van der Waals surface area contributed by atoms with Crippen LogP contribution in [0.15, 0.2) is 18.2 Å². The van der Waals surface area contributed by atoms with Gasteiger partial charge in [-0.25, -0.2) is 0 Å². The first-order chi connectivity index (χ1) is 6.65. The number of aromatic hydroxyl groups is 2. The van der Waals surface area contributed by atoms with Crippen LogP contribution >= 0.6 is 0 Å². The van der Waals surface area contributed by atoms with Crippen molar-refractivity contribution in [1.82, 2.24) is 4.90 Å². The molecule has 0 amide bonds. The van der Waals surface area contributed by atoms with Gasteiger partial charge in [0.15, 0.2) is 0 Å². The fraction of sp³-hybridized carbons (Fsp3) is 0.400. The quantitative estimate of drug-likeness (QED) is 0.631. The smallest absolute Gasteiger partial charge is 0.123 e. The fourth-order valence-corrected chi connectivity index (χ4v) is 1.67. The van der Waals surface area contributed by atoms with Crippen molar-refractivity contribution in [2.75, 3.05) is 13.1 Å². The lowest BCUT2D eigenvalue weighted by Crippen LogP contribution is -2.54. The van der Waals surface area contributed by atoms with E-state index in [0.717, 1.165) is 18.7 Å². The normalized spacial score (nSPS) is 18.1. The van der Waals surface area contributed by atoms with Gasteiger partial charge in [0, 0.05) is 37.3 Å². The molecule has 1 aromatic carbocycles. The number of phenolic OH excluding ortho intramolecular Hbond substituents is 2. The van der Waals surface area contributed by atoms with E-state index in [4.69, 9.17) is 10.8 Å². The molecule has 1 aliphatic heterocycles. The first kappa shape index (κ1) is 9.30. The number of benzene rings is 1. The summed E-state index contributed by atoms with van der Waals surface area (Å²) in [7, 11) is 0. The number of hydrogen-bond acceptors (Lipinski definition) is 4. The van der Waals surface area contributed by atoms with Gasteiger partial charge in [0.25, 0.3) is 0 Å². The van der Waals surface area contributed by atoms with Crippen molar-refractivity contribution in [2.24, 2.45) is 5.73 Å². The van der Waals surface area contributed by atoms with E-state index < -0.39 is 0 Å². The Bertz CT molecular complexity index is 335. The lowest BCUT2D eigenvalue weighted by molar-refractivity contribution is 0.141. The van der Waals surface area contributed by atoms with E-state index in [1.54, 1.807) is 12.1 Å². The minimum atomic E-state index is 0.0894. The average Bonchev–Trinajstić information content (AvgIpc) is 2.06. The van der Waals surface area contributed by atoms with Crippen LogP contribution < -0.4 is 5.73 Å². The van der Waals surface area contributed by atoms with Crippen LogP contribution in [0.5, 0.6) is 11.5 Å². The predicted octanol–water partition coefficient (Wildman–Crippen LogP) is 0.241. The molecule has 4 N–H and O–H groups in total. The minimum absolute atomic E-state index is 0.0894. The molecule has 0 spiro atoms. The maximum atomic E-state index is 9.51. The maximum Gasteiger partial charge on any atom is 0.123 e. The van der Waals surface area contributed by atoms with Gasteiger partial charge in [-0.05, 0) is 6.07 Å². The summed E-state index contributed by atoms with van der Waals surface area (Å²) < 4.78 is 0. The van der Waals surface area contributed by atoms with Crippen molar-refractivity contribution in [3.63, 3.8) is 0 Å². The van der Waals surface area contributed by atoms with Gasteiger partial charge >= 0.3 is 0 Å². The molecule has 14 heavy (non-hydrogen) atoms. The Balaban J connectivity index is 2.02. The Labute approximate surface area is 82.6 Å². The van der Waals surface area contributed by atoms with Gasteiger partial charge in [0.2, 0.25) is 0 Å². The predicted molar refractivity (Wildman–Crippen MR) is 53.0 cm³/mol. The van der Waals surface area contributed by atoms with Crippen LogP contribution in [0.1, 0.15) is 5.56 Å². The van der Waals surface area contributed by atoms with Gasteiger partial charge in [-0.2, -0.15) is 0 Å². The van der Waals surface area contributed by atoms with Gasteiger partial charge in [-0.1, -0.05) is 6.07 Å². The first-order valence-electron chi connectivity index (χ1n) is 4.64. The topological polar surface area (TPSA) is 69.7 Å². The molecule has 76 valence electrons. The summed E-state index contributed by atoms with van der Waals surface area (Å²) in [5.41, 5.74) is 6.47. The minimum Gasteiger partial charge on any atom is -0.508 e. The second-order valence-electron chi connectivity index (χ2n) is 3.77. The van der Waals surface area contributed by atoms with E-state index in [1.807, 2.05) is 0 Å². The molecule has 1 aliphatic rings. The molecule has 0 unspecified atom stereocenters. The van der Waals surface area contributed by atoms with E-state index in [9.17, 15) is 5.11 Å². The zero-order chi connectivity index (χ0) is 10.1. The lowest BCUT2D eigenvalue weighted by atomic mass is 10.1. The summed E-state index contributed by atoms with van der Waals surface area (Å²) >= 11 is 0. The van der Waals surface area contributed by atoms with Crippen molar-refractivity contribution in [2.45, 2.75) is 12.6 Å². The molecule has 0 aromatic heterocycles. The van der Waals surface area contributed by atoms with E-state index >= 15 is 0 Å². The highest BCUT2D eigenvalue weighted by Crippen LogP contribution is 2.24. The van der Waals surface area contributed by atoms with E-state index in [0.29, 0.717) is 6.54 Å². The van der Waals surface area contributed by atoms with Crippen LogP contribution in [0.25, 0.3) is 0 Å². The Morgan fingerprint density at radius 1 is 1.36 bits per heavy atom. The third-order valence-corrected chi connectivity index (χ3v) is 2.45. The summed E-state index contributed by atoms with van der Waals surface area (Å²) in [6.45, 7) is 2.44. The first-order valence-corrected chi connectivity index (χ1v) is 4.64. The molecule has 4 nitrogen and oxygen atoms in total. The van der Waals surface area contributed by atoms with Gasteiger partial charge in [0.1, 0.15) is 11.5 Å². The molecule has 0 saturated carbocycles.